The van der Waals surface area contributed by atoms with E-state index in [9.17, 15) is 4.79 Å². The van der Waals surface area contributed by atoms with Gasteiger partial charge in [-0.25, -0.2) is 0 Å². The lowest BCUT2D eigenvalue weighted by Crippen LogP contribution is -2.30. The fraction of sp³-hybridized carbons (Fsp3) is 0.759. The number of rotatable bonds is 19. The van der Waals surface area contributed by atoms with Gasteiger partial charge in [-0.3, -0.25) is 4.79 Å². The molecule has 1 aromatic carbocycles. The average molecular weight is 431 g/mol. The van der Waals surface area contributed by atoms with Crippen molar-refractivity contribution in [2.24, 2.45) is 11.3 Å². The molecule has 0 aliphatic heterocycles. The monoisotopic (exact) mass is 430 g/mol. The number of benzene rings is 1. The number of esters is 1. The largest absolute Gasteiger partial charge is 0.465 e. The Morgan fingerprint density at radius 1 is 0.774 bits per heavy atom. The summed E-state index contributed by atoms with van der Waals surface area (Å²) >= 11 is 0. The Labute approximate surface area is 193 Å². The van der Waals surface area contributed by atoms with Crippen molar-refractivity contribution >= 4 is 5.97 Å². The molecule has 0 saturated heterocycles. The van der Waals surface area contributed by atoms with E-state index < -0.39 is 5.41 Å². The first-order chi connectivity index (χ1) is 15.0. The van der Waals surface area contributed by atoms with E-state index in [4.69, 9.17) is 4.74 Å². The minimum absolute atomic E-state index is 0.0488. The molecule has 0 bridgehead atoms. The Bertz CT molecular complexity index is 533. The molecule has 31 heavy (non-hydrogen) atoms. The normalized spacial score (nSPS) is 11.8. The number of ether oxygens (including phenoxy) is 1. The van der Waals surface area contributed by atoms with Crippen molar-refractivity contribution in [3.05, 3.63) is 35.9 Å². The van der Waals surface area contributed by atoms with Crippen LogP contribution in [0.2, 0.25) is 0 Å². The molecular formula is C29H50O2. The first-order valence-electron chi connectivity index (χ1n) is 13.2. The molecule has 0 aliphatic rings. The number of carbonyl (C=O) groups is 1. The van der Waals surface area contributed by atoms with Crippen LogP contribution in [0.5, 0.6) is 0 Å². The second-order valence-corrected chi connectivity index (χ2v) is 10.1. The van der Waals surface area contributed by atoms with Gasteiger partial charge in [0.05, 0.1) is 12.0 Å². The molecule has 0 unspecified atom stereocenters. The molecule has 0 fully saturated rings. The smallest absolute Gasteiger partial charge is 0.311 e. The fourth-order valence-corrected chi connectivity index (χ4v) is 4.30. The summed E-state index contributed by atoms with van der Waals surface area (Å²) in [5.74, 6) is 0.473. The van der Waals surface area contributed by atoms with Crippen molar-refractivity contribution < 1.29 is 9.53 Å². The van der Waals surface area contributed by atoms with Crippen LogP contribution in [0.4, 0.5) is 0 Å². The summed E-state index contributed by atoms with van der Waals surface area (Å²) in [6, 6.07) is 10.3. The molecule has 0 N–H and O–H groups in total. The molecule has 0 radical (unpaired) electrons. The molecule has 1 rings (SSSR count). The molecule has 178 valence electrons. The van der Waals surface area contributed by atoms with E-state index in [0.717, 1.165) is 6.42 Å². The molecule has 0 heterocycles. The van der Waals surface area contributed by atoms with E-state index >= 15 is 0 Å². The summed E-state index contributed by atoms with van der Waals surface area (Å²) in [4.78, 5) is 12.8. The van der Waals surface area contributed by atoms with Gasteiger partial charge in [-0.15, -0.1) is 0 Å². The summed E-state index contributed by atoms with van der Waals surface area (Å²) in [6.07, 6.45) is 19.1. The second-order valence-electron chi connectivity index (χ2n) is 10.1. The highest BCUT2D eigenvalue weighted by Gasteiger charge is 2.30. The summed E-state index contributed by atoms with van der Waals surface area (Å²) in [6.45, 7) is 9.16. The molecule has 0 atom stereocenters. The van der Waals surface area contributed by atoms with Gasteiger partial charge >= 0.3 is 5.97 Å². The maximum Gasteiger partial charge on any atom is 0.311 e. The molecule has 2 heteroatoms. The zero-order valence-electron chi connectivity index (χ0n) is 21.1. The number of hydrogen-bond donors (Lipinski definition) is 0. The molecule has 2 nitrogen and oxygen atoms in total. The van der Waals surface area contributed by atoms with Crippen LogP contribution in [0, 0.1) is 11.3 Å². The Kier molecular flexibility index (Phi) is 15.4. The Hall–Kier alpha value is -1.31. The Morgan fingerprint density at radius 2 is 1.26 bits per heavy atom. The average Bonchev–Trinajstić information content (AvgIpc) is 2.76. The van der Waals surface area contributed by atoms with Gasteiger partial charge in [0.25, 0.3) is 0 Å². The summed E-state index contributed by atoms with van der Waals surface area (Å²) < 4.78 is 5.89. The van der Waals surface area contributed by atoms with Crippen LogP contribution in [0.1, 0.15) is 123 Å². The van der Waals surface area contributed by atoms with Crippen LogP contribution in [0.3, 0.4) is 0 Å². The van der Waals surface area contributed by atoms with Crippen molar-refractivity contribution in [3.63, 3.8) is 0 Å². The minimum atomic E-state index is -0.480. The van der Waals surface area contributed by atoms with Crippen LogP contribution in [0.25, 0.3) is 0 Å². The van der Waals surface area contributed by atoms with Gasteiger partial charge < -0.3 is 4.74 Å². The SMILES string of the molecule is CCCCCCCCC(CCCCCCCC)COC(=O)C(C)(C)Cc1ccccc1. The maximum absolute atomic E-state index is 12.8. The summed E-state index contributed by atoms with van der Waals surface area (Å²) in [5, 5.41) is 0. The van der Waals surface area contributed by atoms with Crippen molar-refractivity contribution in [2.45, 2.75) is 124 Å². The van der Waals surface area contributed by atoms with Gasteiger partial charge in [-0.1, -0.05) is 121 Å². The third-order valence-electron chi connectivity index (χ3n) is 6.42. The van der Waals surface area contributed by atoms with Crippen LogP contribution < -0.4 is 0 Å². The van der Waals surface area contributed by atoms with Crippen molar-refractivity contribution in [1.29, 1.82) is 0 Å². The van der Waals surface area contributed by atoms with Crippen molar-refractivity contribution in [3.8, 4) is 0 Å². The zero-order chi connectivity index (χ0) is 22.8. The number of unbranched alkanes of at least 4 members (excludes halogenated alkanes) is 10. The van der Waals surface area contributed by atoms with E-state index in [1.807, 2.05) is 32.0 Å². The van der Waals surface area contributed by atoms with Gasteiger partial charge in [0.2, 0.25) is 0 Å². The highest BCUT2D eigenvalue weighted by Crippen LogP contribution is 2.26. The minimum Gasteiger partial charge on any atom is -0.465 e. The molecule has 0 amide bonds. The first kappa shape index (κ1) is 27.7. The highest BCUT2D eigenvalue weighted by molar-refractivity contribution is 5.76. The molecule has 1 aromatic rings. The standard InChI is InChI=1S/C29H50O2/c1-5-7-9-11-13-16-22-27(23-17-14-12-10-8-6-2)25-31-28(30)29(3,4)24-26-20-18-15-19-21-26/h15,18-21,27H,5-14,16-17,22-25H2,1-4H3. The second kappa shape index (κ2) is 17.3. The van der Waals surface area contributed by atoms with Crippen LogP contribution in [0.15, 0.2) is 30.3 Å². The quantitative estimate of drug-likeness (QED) is 0.162. The van der Waals surface area contributed by atoms with Gasteiger partial charge in [0, 0.05) is 0 Å². The van der Waals surface area contributed by atoms with E-state index in [-0.39, 0.29) is 5.97 Å². The highest BCUT2D eigenvalue weighted by atomic mass is 16.5. The predicted molar refractivity (Wildman–Crippen MR) is 134 cm³/mol. The summed E-state index contributed by atoms with van der Waals surface area (Å²) in [5.41, 5.74) is 0.715. The Morgan fingerprint density at radius 3 is 1.77 bits per heavy atom. The van der Waals surface area contributed by atoms with Gasteiger partial charge in [0.1, 0.15) is 0 Å². The zero-order valence-corrected chi connectivity index (χ0v) is 21.1. The first-order valence-corrected chi connectivity index (χ1v) is 13.2. The number of carbonyl (C=O) groups excluding carboxylic acids is 1. The van der Waals surface area contributed by atoms with Crippen LogP contribution >= 0.6 is 0 Å². The van der Waals surface area contributed by atoms with Crippen molar-refractivity contribution in [2.75, 3.05) is 6.61 Å². The molecule has 0 saturated carbocycles. The lowest BCUT2D eigenvalue weighted by atomic mass is 9.86. The fourth-order valence-electron chi connectivity index (χ4n) is 4.30. The van der Waals surface area contributed by atoms with Gasteiger partial charge in [-0.05, 0) is 44.6 Å². The van der Waals surface area contributed by atoms with Crippen molar-refractivity contribution in [1.82, 2.24) is 0 Å². The third kappa shape index (κ3) is 13.7. The van der Waals surface area contributed by atoms with E-state index in [1.165, 1.54) is 95.5 Å². The lowest BCUT2D eigenvalue weighted by Gasteiger charge is -2.25. The van der Waals surface area contributed by atoms with E-state index in [1.54, 1.807) is 0 Å². The predicted octanol–water partition coefficient (Wildman–Crippen LogP) is 8.92. The molecule has 0 spiro atoms. The van der Waals surface area contributed by atoms with Crippen LogP contribution in [-0.4, -0.2) is 12.6 Å². The number of hydrogen-bond acceptors (Lipinski definition) is 2. The Balaban J connectivity index is 2.44. The molecule has 0 aliphatic carbocycles. The lowest BCUT2D eigenvalue weighted by molar-refractivity contribution is -0.155. The van der Waals surface area contributed by atoms with Crippen LogP contribution in [-0.2, 0) is 16.0 Å². The maximum atomic E-state index is 12.8. The summed E-state index contributed by atoms with van der Waals surface area (Å²) in [7, 11) is 0. The molecular weight excluding hydrogens is 380 g/mol. The van der Waals surface area contributed by atoms with Gasteiger partial charge in [-0.2, -0.15) is 0 Å². The van der Waals surface area contributed by atoms with Gasteiger partial charge in [0.15, 0.2) is 0 Å². The topological polar surface area (TPSA) is 26.3 Å². The molecule has 0 aromatic heterocycles. The van der Waals surface area contributed by atoms with E-state index in [2.05, 4.69) is 26.0 Å². The third-order valence-corrected chi connectivity index (χ3v) is 6.42. The van der Waals surface area contributed by atoms with E-state index in [0.29, 0.717) is 12.5 Å².